The summed E-state index contributed by atoms with van der Waals surface area (Å²) in [5, 5.41) is 0. The van der Waals surface area contributed by atoms with E-state index in [4.69, 9.17) is 0 Å². The molecule has 0 N–H and O–H groups in total. The van der Waals surface area contributed by atoms with E-state index in [1.807, 2.05) is 6.92 Å². The summed E-state index contributed by atoms with van der Waals surface area (Å²) in [5.41, 5.74) is 1.04. The number of hydrogen-bond donors (Lipinski definition) is 0. The van der Waals surface area contributed by atoms with Crippen molar-refractivity contribution in [3.8, 4) is 0 Å². The van der Waals surface area contributed by atoms with Gasteiger partial charge < -0.3 is 0 Å². The molecule has 0 radical (unpaired) electrons. The molecule has 1 aromatic carbocycles. The number of aromatic nitrogens is 1. The van der Waals surface area contributed by atoms with Crippen molar-refractivity contribution in [1.82, 2.24) is 9.27 Å². The van der Waals surface area contributed by atoms with Gasteiger partial charge in [0.25, 0.3) is 0 Å². The second kappa shape index (κ2) is 5.40. The summed E-state index contributed by atoms with van der Waals surface area (Å²) in [6, 6.07) is 6.66. The van der Waals surface area contributed by atoms with E-state index in [0.717, 1.165) is 0 Å². The molecule has 23 heavy (non-hydrogen) atoms. The van der Waals surface area contributed by atoms with E-state index in [0.29, 0.717) is 30.1 Å². The van der Waals surface area contributed by atoms with Gasteiger partial charge in [-0.15, -0.1) is 0 Å². The average Bonchev–Trinajstić information content (AvgIpc) is 3.09. The van der Waals surface area contributed by atoms with Crippen LogP contribution < -0.4 is 4.59 Å². The summed E-state index contributed by atoms with van der Waals surface area (Å²) in [5.74, 6) is -0.699. The van der Waals surface area contributed by atoms with Crippen molar-refractivity contribution in [2.75, 3.05) is 6.54 Å². The quantitative estimate of drug-likeness (QED) is 0.480. The predicted octanol–water partition coefficient (Wildman–Crippen LogP) is 1.96. The molecule has 1 aliphatic heterocycles. The fraction of sp³-hybridized carbons (Fsp3) is 0.176. The minimum absolute atomic E-state index is 0.158. The Bertz CT molecular complexity index is 774. The molecule has 2 amide bonds. The topological polar surface area (TPSA) is 73.2 Å². The van der Waals surface area contributed by atoms with Crippen molar-refractivity contribution in [2.45, 2.75) is 13.3 Å². The maximum absolute atomic E-state index is 13.0. The van der Waals surface area contributed by atoms with Gasteiger partial charge in [0.15, 0.2) is 12.6 Å². The molecular formula is C17H15N2O4+. The van der Waals surface area contributed by atoms with Gasteiger partial charge in [0.05, 0.1) is 23.5 Å². The van der Waals surface area contributed by atoms with Crippen molar-refractivity contribution in [3.63, 3.8) is 0 Å². The summed E-state index contributed by atoms with van der Waals surface area (Å²) in [7, 11) is 0. The number of fused-ring (bicyclic) bond motifs is 1. The minimum atomic E-state index is -0.579. The number of imide groups is 1. The monoisotopic (exact) mass is 311 g/mol. The highest BCUT2D eigenvalue weighted by molar-refractivity contribution is 6.26. The maximum Gasteiger partial charge on any atom is 0.379 e. The maximum atomic E-state index is 13.0. The van der Waals surface area contributed by atoms with Crippen LogP contribution in [0, 0.1) is 0 Å². The average molecular weight is 311 g/mol. The molecule has 0 fully saturated rings. The molecule has 1 aliphatic rings. The third-order valence-electron chi connectivity index (χ3n) is 4.13. The van der Waals surface area contributed by atoms with E-state index < -0.39 is 4.59 Å². The zero-order valence-corrected chi connectivity index (χ0v) is 12.6. The summed E-state index contributed by atoms with van der Waals surface area (Å²) in [4.78, 5) is 48.2. The first-order valence-electron chi connectivity index (χ1n) is 7.30. The van der Waals surface area contributed by atoms with Gasteiger partial charge in [-0.25, -0.2) is 9.59 Å². The lowest BCUT2D eigenvalue weighted by molar-refractivity contribution is 0.0459. The van der Waals surface area contributed by atoms with Gasteiger partial charge in [0, 0.05) is 11.1 Å². The van der Waals surface area contributed by atoms with Crippen molar-refractivity contribution in [2.24, 2.45) is 0 Å². The van der Waals surface area contributed by atoms with E-state index in [9.17, 15) is 19.2 Å². The molecule has 0 atom stereocenters. The van der Waals surface area contributed by atoms with Gasteiger partial charge >= 0.3 is 11.8 Å². The molecule has 0 aliphatic carbocycles. The molecular weight excluding hydrogens is 296 g/mol. The van der Waals surface area contributed by atoms with Crippen LogP contribution in [-0.4, -0.2) is 35.6 Å². The molecule has 6 heteroatoms. The van der Waals surface area contributed by atoms with Crippen LogP contribution in [0.1, 0.15) is 54.8 Å². The Kier molecular flexibility index (Phi) is 3.54. The van der Waals surface area contributed by atoms with E-state index in [2.05, 4.69) is 0 Å². The van der Waals surface area contributed by atoms with Crippen LogP contribution in [0.4, 0.5) is 0 Å². The van der Waals surface area contributed by atoms with Gasteiger partial charge in [-0.2, -0.15) is 4.68 Å². The Morgan fingerprint density at radius 2 is 1.43 bits per heavy atom. The molecule has 2 aromatic rings. The second-order valence-corrected chi connectivity index (χ2v) is 5.43. The number of hydrogen-bond acceptors (Lipinski definition) is 4. The van der Waals surface area contributed by atoms with Crippen LogP contribution >= 0.6 is 0 Å². The number of aldehydes is 2. The van der Waals surface area contributed by atoms with E-state index in [1.165, 1.54) is 17.1 Å². The summed E-state index contributed by atoms with van der Waals surface area (Å²) in [6.07, 6.45) is 4.43. The normalized spacial score (nSPS) is 15.5. The third-order valence-corrected chi connectivity index (χ3v) is 4.13. The van der Waals surface area contributed by atoms with Crippen LogP contribution in [0.3, 0.4) is 0 Å². The van der Waals surface area contributed by atoms with Crippen LogP contribution in [0.5, 0.6) is 0 Å². The van der Waals surface area contributed by atoms with Crippen molar-refractivity contribution < 1.29 is 19.2 Å². The molecule has 0 saturated heterocycles. The molecule has 0 bridgehead atoms. The van der Waals surface area contributed by atoms with Gasteiger partial charge in [-0.3, -0.25) is 9.59 Å². The molecule has 2 heterocycles. The van der Waals surface area contributed by atoms with Crippen molar-refractivity contribution in [1.29, 1.82) is 0 Å². The van der Waals surface area contributed by atoms with E-state index in [-0.39, 0.29) is 29.5 Å². The van der Waals surface area contributed by atoms with Crippen LogP contribution in [-0.2, 0) is 0 Å². The SMILES string of the molecule is CCC[N+]1(n2cc(C=O)c(C=O)c2)C(=O)c2ccccc2C1=O. The largest absolute Gasteiger partial charge is 0.379 e. The molecule has 6 nitrogen and oxygen atoms in total. The van der Waals surface area contributed by atoms with E-state index >= 15 is 0 Å². The Morgan fingerprint density at radius 1 is 0.957 bits per heavy atom. The number of carbonyl (C=O) groups excluding carboxylic acids is 4. The fourth-order valence-electron chi connectivity index (χ4n) is 3.06. The zero-order chi connectivity index (χ0) is 16.6. The highest BCUT2D eigenvalue weighted by atomic mass is 16.2. The van der Waals surface area contributed by atoms with Crippen molar-refractivity contribution >= 4 is 24.4 Å². The lowest BCUT2D eigenvalue weighted by Gasteiger charge is -2.28. The first-order chi connectivity index (χ1) is 11.1. The van der Waals surface area contributed by atoms with Gasteiger partial charge in [0.2, 0.25) is 0 Å². The highest BCUT2D eigenvalue weighted by Gasteiger charge is 2.55. The summed E-state index contributed by atoms with van der Waals surface area (Å²) >= 11 is 0. The third kappa shape index (κ3) is 1.92. The van der Waals surface area contributed by atoms with Crippen LogP contribution in [0.25, 0.3) is 0 Å². The number of benzene rings is 1. The first-order valence-corrected chi connectivity index (χ1v) is 7.30. The van der Waals surface area contributed by atoms with Gasteiger partial charge in [0.1, 0.15) is 6.54 Å². The standard InChI is InChI=1S/C17H15N2O4/c1-2-7-19(18-8-12(10-20)13(9-18)11-21)16(22)14-5-3-4-6-15(14)17(19)23/h3-6,8-11H,2,7H2,1H3/q+1. The predicted molar refractivity (Wildman–Crippen MR) is 83.0 cm³/mol. The van der Waals surface area contributed by atoms with Crippen molar-refractivity contribution in [3.05, 3.63) is 58.9 Å². The van der Waals surface area contributed by atoms with Gasteiger partial charge in [-0.1, -0.05) is 23.6 Å². The molecule has 0 saturated carbocycles. The highest BCUT2D eigenvalue weighted by Crippen LogP contribution is 2.29. The molecule has 0 unspecified atom stereocenters. The Morgan fingerprint density at radius 3 is 1.83 bits per heavy atom. The molecule has 116 valence electrons. The molecule has 3 rings (SSSR count). The van der Waals surface area contributed by atoms with Gasteiger partial charge in [-0.05, 0) is 18.6 Å². The number of nitrogens with zero attached hydrogens (tertiary/aromatic N) is 2. The minimum Gasteiger partial charge on any atom is -0.298 e. The molecule has 1 aromatic heterocycles. The number of carbonyl (C=O) groups is 4. The first kappa shape index (κ1) is 15.1. The number of amides is 2. The Balaban J connectivity index is 2.25. The lowest BCUT2D eigenvalue weighted by atomic mass is 10.1. The van der Waals surface area contributed by atoms with Crippen LogP contribution in [0.15, 0.2) is 36.7 Å². The summed E-state index contributed by atoms with van der Waals surface area (Å²) in [6.45, 7) is 2.12. The lowest BCUT2D eigenvalue weighted by Crippen LogP contribution is -2.62. The summed E-state index contributed by atoms with van der Waals surface area (Å²) < 4.78 is 0.798. The zero-order valence-electron chi connectivity index (χ0n) is 12.6. The molecule has 0 spiro atoms. The number of rotatable bonds is 5. The second-order valence-electron chi connectivity index (χ2n) is 5.43. The van der Waals surface area contributed by atoms with E-state index in [1.54, 1.807) is 24.3 Å². The Labute approximate surface area is 132 Å². The van der Waals surface area contributed by atoms with Crippen LogP contribution in [0.2, 0.25) is 0 Å². The number of quaternary nitrogens is 1. The smallest absolute Gasteiger partial charge is 0.298 e. The Hall–Kier alpha value is -2.86. The fourth-order valence-corrected chi connectivity index (χ4v) is 3.06.